The molecule has 0 bridgehead atoms. The number of ether oxygens (including phenoxy) is 1. The SMILES string of the molecule is C=C1\C=C/C(c2cn[nH]c2-c2cccc(C)n2)=C/C=C/C1=C(/C=C\C)NCC(=O)CC1=CCCOCC1. The predicted molar refractivity (Wildman–Crippen MR) is 150 cm³/mol. The molecule has 0 radical (unpaired) electrons. The molecule has 0 atom stereocenters. The van der Waals surface area contributed by atoms with Gasteiger partial charge in [-0.2, -0.15) is 5.10 Å². The second-order valence-electron chi connectivity index (χ2n) is 9.07. The third kappa shape index (κ3) is 7.02. The van der Waals surface area contributed by atoms with Crippen LogP contribution in [-0.4, -0.2) is 40.7 Å². The number of aromatic amines is 1. The minimum Gasteiger partial charge on any atom is -0.381 e. The van der Waals surface area contributed by atoms with E-state index in [9.17, 15) is 4.79 Å². The Morgan fingerprint density at radius 1 is 1.24 bits per heavy atom. The van der Waals surface area contributed by atoms with E-state index in [0.29, 0.717) is 13.0 Å². The summed E-state index contributed by atoms with van der Waals surface area (Å²) in [5.74, 6) is 0.158. The van der Waals surface area contributed by atoms with E-state index in [1.165, 1.54) is 5.57 Å². The number of allylic oxidation sites excluding steroid dienone is 10. The van der Waals surface area contributed by atoms with E-state index >= 15 is 0 Å². The number of Topliss-reactive ketones (excluding diaryl/α,β-unsaturated/α-hetero) is 1. The summed E-state index contributed by atoms with van der Waals surface area (Å²) in [4.78, 5) is 17.3. The zero-order valence-electron chi connectivity index (χ0n) is 21.6. The van der Waals surface area contributed by atoms with Crippen molar-refractivity contribution in [2.24, 2.45) is 0 Å². The maximum Gasteiger partial charge on any atom is 0.155 e. The predicted octanol–water partition coefficient (Wildman–Crippen LogP) is 5.96. The molecule has 0 aromatic carbocycles. The van der Waals surface area contributed by atoms with Gasteiger partial charge in [0.1, 0.15) is 0 Å². The van der Waals surface area contributed by atoms with Gasteiger partial charge in [0.15, 0.2) is 5.78 Å². The number of aryl methyl sites for hydroxylation is 1. The van der Waals surface area contributed by atoms with E-state index in [2.05, 4.69) is 33.2 Å². The number of pyridine rings is 1. The Kier molecular flexibility index (Phi) is 9.00. The lowest BCUT2D eigenvalue weighted by Gasteiger charge is -2.14. The number of ketones is 1. The molecule has 0 spiro atoms. The van der Waals surface area contributed by atoms with Gasteiger partial charge in [-0.1, -0.05) is 60.8 Å². The summed E-state index contributed by atoms with van der Waals surface area (Å²) in [6.07, 6.45) is 20.2. The molecule has 1 aliphatic heterocycles. The topological polar surface area (TPSA) is 79.9 Å². The number of nitrogens with zero attached hydrogens (tertiary/aromatic N) is 2. The molecular weight excluding hydrogens is 460 g/mol. The van der Waals surface area contributed by atoms with Crippen molar-refractivity contribution in [1.82, 2.24) is 20.5 Å². The van der Waals surface area contributed by atoms with E-state index in [0.717, 1.165) is 64.5 Å². The number of aromatic nitrogens is 3. The highest BCUT2D eigenvalue weighted by atomic mass is 16.5. The Bertz CT molecular complexity index is 1330. The molecule has 6 nitrogen and oxygen atoms in total. The molecule has 2 aliphatic rings. The number of carbonyl (C=O) groups excluding carboxylic acids is 1. The van der Waals surface area contributed by atoms with Gasteiger partial charge in [-0.15, -0.1) is 0 Å². The highest BCUT2D eigenvalue weighted by Gasteiger charge is 2.14. The quantitative estimate of drug-likeness (QED) is 0.443. The molecule has 1 aliphatic carbocycles. The Labute approximate surface area is 218 Å². The largest absolute Gasteiger partial charge is 0.381 e. The van der Waals surface area contributed by atoms with E-state index in [-0.39, 0.29) is 12.3 Å². The first-order chi connectivity index (χ1) is 18.0. The fraction of sp³-hybridized carbons (Fsp3) is 0.258. The minimum atomic E-state index is 0.158. The number of nitrogens with one attached hydrogen (secondary N) is 2. The highest BCUT2D eigenvalue weighted by molar-refractivity contribution is 5.85. The average Bonchev–Trinajstić information content (AvgIpc) is 3.22. The van der Waals surface area contributed by atoms with Gasteiger partial charge < -0.3 is 10.1 Å². The molecule has 190 valence electrons. The summed E-state index contributed by atoms with van der Waals surface area (Å²) >= 11 is 0. The monoisotopic (exact) mass is 494 g/mol. The van der Waals surface area contributed by atoms with E-state index < -0.39 is 0 Å². The summed E-state index contributed by atoms with van der Waals surface area (Å²) in [5.41, 5.74) is 8.46. The summed E-state index contributed by atoms with van der Waals surface area (Å²) < 4.78 is 5.48. The first-order valence-electron chi connectivity index (χ1n) is 12.7. The van der Waals surface area contributed by atoms with Crippen molar-refractivity contribution in [3.05, 3.63) is 113 Å². The lowest BCUT2D eigenvalue weighted by atomic mass is 9.96. The first-order valence-corrected chi connectivity index (χ1v) is 12.7. The smallest absolute Gasteiger partial charge is 0.155 e. The standard InChI is InChI=1S/C31H34N4O2/c1-4-8-29(32-20-26(36)19-24-10-7-17-37-18-16-24)27-12-6-11-25(15-14-22(27)2)28-21-33-35-31(28)30-13-5-9-23(3)34-30/h4-6,8-15,21,32H,2,7,16-20H2,1,3H3,(H,33,35)/b8-4-,12-6+,15-14-,25-11-,29-27+. The van der Waals surface area contributed by atoms with Crippen LogP contribution in [0.4, 0.5) is 0 Å². The number of rotatable bonds is 8. The Morgan fingerprint density at radius 3 is 2.97 bits per heavy atom. The molecule has 4 rings (SSSR count). The van der Waals surface area contributed by atoms with Crippen LogP contribution in [0, 0.1) is 6.92 Å². The van der Waals surface area contributed by atoms with Crippen LogP contribution in [0.15, 0.2) is 102 Å². The molecule has 0 saturated carbocycles. The van der Waals surface area contributed by atoms with Crippen molar-refractivity contribution < 1.29 is 9.53 Å². The normalized spacial score (nSPS) is 20.8. The third-order valence-corrected chi connectivity index (χ3v) is 6.23. The molecule has 2 N–H and O–H groups in total. The van der Waals surface area contributed by atoms with Gasteiger partial charge >= 0.3 is 0 Å². The number of carbonyl (C=O) groups is 1. The van der Waals surface area contributed by atoms with Gasteiger partial charge in [0.2, 0.25) is 0 Å². The van der Waals surface area contributed by atoms with Crippen LogP contribution in [0.25, 0.3) is 17.0 Å². The molecule has 2 aromatic heterocycles. The van der Waals surface area contributed by atoms with Crippen molar-refractivity contribution in [3.8, 4) is 11.4 Å². The van der Waals surface area contributed by atoms with Crippen LogP contribution in [0.3, 0.4) is 0 Å². The van der Waals surface area contributed by atoms with Crippen molar-refractivity contribution in [3.63, 3.8) is 0 Å². The van der Waals surface area contributed by atoms with E-state index in [1.807, 2.05) is 80.8 Å². The molecule has 0 fully saturated rings. The maximum absolute atomic E-state index is 12.7. The first kappa shape index (κ1) is 26.0. The molecule has 0 saturated heterocycles. The maximum atomic E-state index is 12.7. The van der Waals surface area contributed by atoms with E-state index in [1.54, 1.807) is 0 Å². The molecule has 3 heterocycles. The van der Waals surface area contributed by atoms with Gasteiger partial charge in [-0.25, -0.2) is 0 Å². The van der Waals surface area contributed by atoms with E-state index in [4.69, 9.17) is 4.74 Å². The highest BCUT2D eigenvalue weighted by Crippen LogP contribution is 2.29. The zero-order chi connectivity index (χ0) is 26.0. The lowest BCUT2D eigenvalue weighted by molar-refractivity contribution is -0.117. The number of H-pyrrole nitrogens is 1. The number of hydrogen-bond donors (Lipinski definition) is 2. The molecule has 6 heteroatoms. The average molecular weight is 495 g/mol. The van der Waals surface area contributed by atoms with Gasteiger partial charge in [-0.3, -0.25) is 14.9 Å². The van der Waals surface area contributed by atoms with Crippen LogP contribution in [0.2, 0.25) is 0 Å². The van der Waals surface area contributed by atoms with Crippen LogP contribution in [0.1, 0.15) is 37.4 Å². The molecular formula is C31H34N4O2. The zero-order valence-corrected chi connectivity index (χ0v) is 21.6. The van der Waals surface area contributed by atoms with Crippen LogP contribution < -0.4 is 5.32 Å². The van der Waals surface area contributed by atoms with Crippen LogP contribution in [-0.2, 0) is 9.53 Å². The van der Waals surface area contributed by atoms with Crippen molar-refractivity contribution in [2.75, 3.05) is 19.8 Å². The Balaban J connectivity index is 1.53. The summed E-state index contributed by atoms with van der Waals surface area (Å²) in [6.45, 7) is 9.92. The lowest BCUT2D eigenvalue weighted by Crippen LogP contribution is -2.23. The van der Waals surface area contributed by atoms with Gasteiger partial charge in [0.05, 0.1) is 37.3 Å². The van der Waals surface area contributed by atoms with Crippen LogP contribution in [0.5, 0.6) is 0 Å². The van der Waals surface area contributed by atoms with Crippen molar-refractivity contribution >= 4 is 11.4 Å². The second-order valence-corrected chi connectivity index (χ2v) is 9.07. The summed E-state index contributed by atoms with van der Waals surface area (Å²) in [7, 11) is 0. The fourth-order valence-electron chi connectivity index (χ4n) is 4.35. The van der Waals surface area contributed by atoms with Crippen LogP contribution >= 0.6 is 0 Å². The Morgan fingerprint density at radius 2 is 2.14 bits per heavy atom. The van der Waals surface area contributed by atoms with Crippen molar-refractivity contribution in [1.29, 1.82) is 0 Å². The van der Waals surface area contributed by atoms with Crippen molar-refractivity contribution in [2.45, 2.75) is 33.1 Å². The summed E-state index contributed by atoms with van der Waals surface area (Å²) in [5, 5.41) is 10.7. The third-order valence-electron chi connectivity index (χ3n) is 6.23. The molecule has 2 aromatic rings. The second kappa shape index (κ2) is 12.8. The Hall–Kier alpha value is -4.03. The van der Waals surface area contributed by atoms with Gasteiger partial charge in [-0.05, 0) is 56.0 Å². The minimum absolute atomic E-state index is 0.158. The molecule has 37 heavy (non-hydrogen) atoms. The molecule has 0 unspecified atom stereocenters. The van der Waals surface area contributed by atoms with Gasteiger partial charge in [0, 0.05) is 28.9 Å². The molecule has 0 amide bonds. The fourth-order valence-corrected chi connectivity index (χ4v) is 4.35. The van der Waals surface area contributed by atoms with Gasteiger partial charge in [0.25, 0.3) is 0 Å². The number of hydrogen-bond acceptors (Lipinski definition) is 5. The summed E-state index contributed by atoms with van der Waals surface area (Å²) in [6, 6.07) is 5.94.